The fourth-order valence-corrected chi connectivity index (χ4v) is 2.73. The number of rotatable bonds is 6. The van der Waals surface area contributed by atoms with Crippen molar-refractivity contribution in [2.75, 3.05) is 13.2 Å². The highest BCUT2D eigenvalue weighted by atomic mass is 16.3. The molecule has 3 rings (SSSR count). The number of aliphatic hydroxyl groups excluding tert-OH is 1. The van der Waals surface area contributed by atoms with Gasteiger partial charge >= 0.3 is 0 Å². The van der Waals surface area contributed by atoms with Crippen molar-refractivity contribution in [2.24, 2.45) is 5.41 Å². The summed E-state index contributed by atoms with van der Waals surface area (Å²) in [5.74, 6) is 0.0546. The highest BCUT2D eigenvalue weighted by Gasteiger charge is 2.41. The van der Waals surface area contributed by atoms with Gasteiger partial charge in [-0.3, -0.25) is 4.79 Å². The first-order chi connectivity index (χ1) is 9.72. The standard InChI is InChI=1S/C16H20N2O2/c19-8-7-16(5-6-16)11-18-15(20)9-12-10-17-14-4-2-1-3-13(12)14/h1-4,10,17,19H,5-9,11H2,(H,18,20). The molecule has 4 nitrogen and oxygen atoms in total. The lowest BCUT2D eigenvalue weighted by molar-refractivity contribution is -0.120. The summed E-state index contributed by atoms with van der Waals surface area (Å²) in [6.45, 7) is 0.896. The van der Waals surface area contributed by atoms with Crippen LogP contribution < -0.4 is 5.32 Å². The Morgan fingerprint density at radius 1 is 1.35 bits per heavy atom. The van der Waals surface area contributed by atoms with Gasteiger partial charge in [0.2, 0.25) is 5.91 Å². The van der Waals surface area contributed by atoms with E-state index >= 15 is 0 Å². The van der Waals surface area contributed by atoms with Gasteiger partial charge in [0.05, 0.1) is 6.42 Å². The third kappa shape index (κ3) is 2.70. The number of para-hydroxylation sites is 1. The number of H-pyrrole nitrogens is 1. The number of aromatic amines is 1. The minimum absolute atomic E-state index is 0.0546. The second-order valence-corrected chi connectivity index (χ2v) is 5.79. The Bertz CT molecular complexity index is 614. The largest absolute Gasteiger partial charge is 0.396 e. The van der Waals surface area contributed by atoms with Crippen molar-refractivity contribution in [3.8, 4) is 0 Å². The molecule has 1 amide bonds. The lowest BCUT2D eigenvalue weighted by Crippen LogP contribution is -2.31. The highest BCUT2D eigenvalue weighted by molar-refractivity contribution is 5.88. The monoisotopic (exact) mass is 272 g/mol. The summed E-state index contributed by atoms with van der Waals surface area (Å²) in [6, 6.07) is 8.01. The molecule has 1 fully saturated rings. The van der Waals surface area contributed by atoms with Gasteiger partial charge in [-0.2, -0.15) is 0 Å². The summed E-state index contributed by atoms with van der Waals surface area (Å²) in [7, 11) is 0. The lowest BCUT2D eigenvalue weighted by Gasteiger charge is -2.14. The Hall–Kier alpha value is -1.81. The summed E-state index contributed by atoms with van der Waals surface area (Å²) < 4.78 is 0. The van der Waals surface area contributed by atoms with Gasteiger partial charge in [0.25, 0.3) is 0 Å². The zero-order valence-electron chi connectivity index (χ0n) is 11.5. The number of benzene rings is 1. The summed E-state index contributed by atoms with van der Waals surface area (Å²) in [5, 5.41) is 13.1. The van der Waals surface area contributed by atoms with Crippen LogP contribution >= 0.6 is 0 Å². The number of hydrogen-bond donors (Lipinski definition) is 3. The molecule has 1 aliphatic carbocycles. The number of hydrogen-bond acceptors (Lipinski definition) is 2. The van der Waals surface area contributed by atoms with Gasteiger partial charge in [-0.05, 0) is 36.3 Å². The second kappa shape index (κ2) is 5.29. The molecule has 1 heterocycles. The number of carbonyl (C=O) groups excluding carboxylic acids is 1. The van der Waals surface area contributed by atoms with Crippen LogP contribution in [0.15, 0.2) is 30.5 Å². The molecule has 4 heteroatoms. The van der Waals surface area contributed by atoms with Crippen LogP contribution in [0.25, 0.3) is 10.9 Å². The first-order valence-electron chi connectivity index (χ1n) is 7.15. The Labute approximate surface area is 118 Å². The number of aliphatic hydroxyl groups is 1. The molecular weight excluding hydrogens is 252 g/mol. The summed E-state index contributed by atoms with van der Waals surface area (Å²) in [4.78, 5) is 15.2. The summed E-state index contributed by atoms with van der Waals surface area (Å²) >= 11 is 0. The van der Waals surface area contributed by atoms with Crippen LogP contribution in [-0.2, 0) is 11.2 Å². The SMILES string of the molecule is O=C(Cc1c[nH]c2ccccc12)NCC1(CCO)CC1. The van der Waals surface area contributed by atoms with E-state index in [0.29, 0.717) is 13.0 Å². The topological polar surface area (TPSA) is 65.1 Å². The molecular formula is C16H20N2O2. The maximum absolute atomic E-state index is 12.0. The molecule has 0 unspecified atom stereocenters. The fourth-order valence-electron chi connectivity index (χ4n) is 2.73. The van der Waals surface area contributed by atoms with Crippen molar-refractivity contribution in [3.63, 3.8) is 0 Å². The molecule has 0 spiro atoms. The third-order valence-electron chi connectivity index (χ3n) is 4.29. The minimum Gasteiger partial charge on any atom is -0.396 e. The van der Waals surface area contributed by atoms with Crippen molar-refractivity contribution >= 4 is 16.8 Å². The lowest BCUT2D eigenvalue weighted by atomic mass is 10.0. The van der Waals surface area contributed by atoms with Crippen LogP contribution in [-0.4, -0.2) is 29.1 Å². The van der Waals surface area contributed by atoms with Crippen LogP contribution in [0.3, 0.4) is 0 Å². The molecule has 1 aromatic heterocycles. The Morgan fingerprint density at radius 2 is 2.15 bits per heavy atom. The van der Waals surface area contributed by atoms with Gasteiger partial charge in [0.1, 0.15) is 0 Å². The van der Waals surface area contributed by atoms with Crippen molar-refractivity contribution in [3.05, 3.63) is 36.0 Å². The van der Waals surface area contributed by atoms with Crippen molar-refractivity contribution in [1.82, 2.24) is 10.3 Å². The van der Waals surface area contributed by atoms with Crippen LogP contribution in [0, 0.1) is 5.41 Å². The predicted octanol–water partition coefficient (Wildman–Crippen LogP) is 1.99. The van der Waals surface area contributed by atoms with Gasteiger partial charge in [-0.1, -0.05) is 18.2 Å². The van der Waals surface area contributed by atoms with Gasteiger partial charge in [0.15, 0.2) is 0 Å². The van der Waals surface area contributed by atoms with E-state index in [-0.39, 0.29) is 17.9 Å². The molecule has 0 bridgehead atoms. The van der Waals surface area contributed by atoms with Crippen molar-refractivity contribution < 1.29 is 9.90 Å². The molecule has 0 radical (unpaired) electrons. The minimum atomic E-state index is 0.0546. The zero-order chi connectivity index (χ0) is 14.0. The first kappa shape index (κ1) is 13.2. The third-order valence-corrected chi connectivity index (χ3v) is 4.29. The molecule has 0 atom stereocenters. The van der Waals surface area contributed by atoms with Crippen LogP contribution in [0.4, 0.5) is 0 Å². The predicted molar refractivity (Wildman–Crippen MR) is 78.4 cm³/mol. The second-order valence-electron chi connectivity index (χ2n) is 5.79. The number of amides is 1. The van der Waals surface area contributed by atoms with Gasteiger partial charge in [-0.15, -0.1) is 0 Å². The highest BCUT2D eigenvalue weighted by Crippen LogP contribution is 2.47. The molecule has 3 N–H and O–H groups in total. The molecule has 1 aromatic carbocycles. The Balaban J connectivity index is 1.59. The number of nitrogens with one attached hydrogen (secondary N) is 2. The van der Waals surface area contributed by atoms with E-state index in [0.717, 1.165) is 35.7 Å². The molecule has 2 aromatic rings. The number of fused-ring (bicyclic) bond motifs is 1. The van der Waals surface area contributed by atoms with E-state index in [4.69, 9.17) is 5.11 Å². The average Bonchev–Trinajstić information content (AvgIpc) is 3.11. The van der Waals surface area contributed by atoms with Crippen molar-refractivity contribution in [1.29, 1.82) is 0 Å². The van der Waals surface area contributed by atoms with Gasteiger partial charge < -0.3 is 15.4 Å². The average molecular weight is 272 g/mol. The fraction of sp³-hybridized carbons (Fsp3) is 0.438. The Morgan fingerprint density at radius 3 is 2.90 bits per heavy atom. The van der Waals surface area contributed by atoms with E-state index in [1.165, 1.54) is 0 Å². The number of carbonyl (C=O) groups is 1. The van der Waals surface area contributed by atoms with E-state index < -0.39 is 0 Å². The van der Waals surface area contributed by atoms with E-state index in [9.17, 15) is 4.79 Å². The van der Waals surface area contributed by atoms with Crippen molar-refractivity contribution in [2.45, 2.75) is 25.7 Å². The normalized spacial score (nSPS) is 16.2. The van der Waals surface area contributed by atoms with Gasteiger partial charge in [0, 0.05) is 30.3 Å². The van der Waals surface area contributed by atoms with E-state index in [2.05, 4.69) is 10.3 Å². The molecule has 20 heavy (non-hydrogen) atoms. The van der Waals surface area contributed by atoms with E-state index in [1.807, 2.05) is 30.5 Å². The molecule has 0 saturated heterocycles. The zero-order valence-corrected chi connectivity index (χ0v) is 11.5. The first-order valence-corrected chi connectivity index (χ1v) is 7.15. The molecule has 1 saturated carbocycles. The number of aromatic nitrogens is 1. The molecule has 1 aliphatic rings. The van der Waals surface area contributed by atoms with Crippen LogP contribution in [0.1, 0.15) is 24.8 Å². The maximum atomic E-state index is 12.0. The summed E-state index contributed by atoms with van der Waals surface area (Å²) in [6.07, 6.45) is 5.33. The van der Waals surface area contributed by atoms with Crippen LogP contribution in [0.2, 0.25) is 0 Å². The molecule has 0 aliphatic heterocycles. The maximum Gasteiger partial charge on any atom is 0.224 e. The van der Waals surface area contributed by atoms with Gasteiger partial charge in [-0.25, -0.2) is 0 Å². The smallest absolute Gasteiger partial charge is 0.224 e. The quantitative estimate of drug-likeness (QED) is 0.753. The Kier molecular flexibility index (Phi) is 3.49. The van der Waals surface area contributed by atoms with Crippen LogP contribution in [0.5, 0.6) is 0 Å². The molecule has 106 valence electrons. The van der Waals surface area contributed by atoms with E-state index in [1.54, 1.807) is 0 Å². The summed E-state index contributed by atoms with van der Waals surface area (Å²) in [5.41, 5.74) is 2.27.